The lowest BCUT2D eigenvalue weighted by molar-refractivity contribution is -0.140. The minimum atomic E-state index is -0.970. The first-order valence-corrected chi connectivity index (χ1v) is 13.8. The highest BCUT2D eigenvalue weighted by Crippen LogP contribution is 2.33. The van der Waals surface area contributed by atoms with E-state index in [0.717, 1.165) is 24.0 Å². The number of nitrogens with one attached hydrogen (secondary N) is 4. The molecule has 0 spiro atoms. The molecule has 216 valence electrons. The number of rotatable bonds is 5. The highest BCUT2D eigenvalue weighted by atomic mass is 16.5. The fourth-order valence-corrected chi connectivity index (χ4v) is 4.80. The third-order valence-electron chi connectivity index (χ3n) is 7.29. The maximum atomic E-state index is 13.5. The molecule has 1 heterocycles. The van der Waals surface area contributed by atoms with E-state index in [1.54, 1.807) is 31.3 Å². The van der Waals surface area contributed by atoms with Gasteiger partial charge in [-0.15, -0.1) is 6.58 Å². The lowest BCUT2D eigenvalue weighted by atomic mass is 10.0. The van der Waals surface area contributed by atoms with E-state index < -0.39 is 24.0 Å². The number of likely N-dealkylation sites (N-methyl/N-ethyl adjacent to an activating group) is 1. The minimum Gasteiger partial charge on any atom is -0.492 e. The molecule has 3 amide bonds. The molecule has 1 saturated carbocycles. The molecule has 41 heavy (non-hydrogen) atoms. The number of para-hydroxylation sites is 1. The second-order valence-electron chi connectivity index (χ2n) is 10.3. The fourth-order valence-electron chi connectivity index (χ4n) is 4.80. The van der Waals surface area contributed by atoms with E-state index in [0.29, 0.717) is 24.5 Å². The largest absolute Gasteiger partial charge is 0.492 e. The quantitative estimate of drug-likeness (QED) is 0.214. The van der Waals surface area contributed by atoms with E-state index in [-0.39, 0.29) is 36.5 Å². The molecule has 0 aromatic heterocycles. The lowest BCUT2D eigenvalue weighted by Crippen LogP contribution is -2.57. The van der Waals surface area contributed by atoms with Gasteiger partial charge < -0.3 is 31.3 Å². The van der Waals surface area contributed by atoms with Gasteiger partial charge in [0.1, 0.15) is 30.3 Å². The van der Waals surface area contributed by atoms with Crippen molar-refractivity contribution in [3.8, 4) is 5.75 Å². The summed E-state index contributed by atoms with van der Waals surface area (Å²) in [4.78, 5) is 41.7. The van der Waals surface area contributed by atoms with Gasteiger partial charge in [0.25, 0.3) is 0 Å². The highest BCUT2D eigenvalue weighted by molar-refractivity contribution is 5.95. The van der Waals surface area contributed by atoms with Crippen LogP contribution in [-0.2, 0) is 20.8 Å². The van der Waals surface area contributed by atoms with Crippen LogP contribution in [0.4, 0.5) is 0 Å². The van der Waals surface area contributed by atoms with Gasteiger partial charge in [-0.25, -0.2) is 0 Å². The summed E-state index contributed by atoms with van der Waals surface area (Å²) in [6.45, 7) is 4.85. The van der Waals surface area contributed by atoms with Gasteiger partial charge in [0.15, 0.2) is 0 Å². The monoisotopic (exact) mass is 558 g/mol. The van der Waals surface area contributed by atoms with Crippen LogP contribution in [0.3, 0.4) is 0 Å². The van der Waals surface area contributed by atoms with E-state index >= 15 is 0 Å². The molecule has 0 radical (unpaired) electrons. The number of benzene rings is 2. The van der Waals surface area contributed by atoms with Crippen LogP contribution in [0.2, 0.25) is 0 Å². The Labute approximate surface area is 240 Å². The highest BCUT2D eigenvalue weighted by Gasteiger charge is 2.39. The first-order valence-electron chi connectivity index (χ1n) is 13.8. The number of amides is 3. The van der Waals surface area contributed by atoms with Crippen molar-refractivity contribution in [2.24, 2.45) is 11.7 Å². The maximum absolute atomic E-state index is 13.5. The van der Waals surface area contributed by atoms with Crippen LogP contribution >= 0.6 is 0 Å². The fraction of sp³-hybridized carbons (Fsp3) is 0.355. The zero-order valence-corrected chi connectivity index (χ0v) is 23.3. The second kappa shape index (κ2) is 13.8. The van der Waals surface area contributed by atoms with Gasteiger partial charge in [0.05, 0.1) is 6.04 Å². The number of fused-ring (bicyclic) bond motifs is 1. The molecule has 2 aromatic carbocycles. The SMILES string of the molecule is C=C[C@@H]1C(=O)N[C@H](Cc2ccc(C(=N)N)cc2)C(=O)NC/C=C/c2ccccc2OCCN[C@@H](C2CC2)C(=O)N1C. The molecule has 10 heteroatoms. The number of nitrogen functional groups attached to an aromatic ring is 1. The number of hydrogen-bond acceptors (Lipinski definition) is 6. The summed E-state index contributed by atoms with van der Waals surface area (Å²) < 4.78 is 6.00. The van der Waals surface area contributed by atoms with Crippen molar-refractivity contribution in [2.75, 3.05) is 26.7 Å². The molecule has 0 saturated heterocycles. The van der Waals surface area contributed by atoms with Gasteiger partial charge in [-0.2, -0.15) is 0 Å². The van der Waals surface area contributed by atoms with Crippen LogP contribution in [0.5, 0.6) is 5.75 Å². The van der Waals surface area contributed by atoms with E-state index in [1.807, 2.05) is 36.4 Å². The van der Waals surface area contributed by atoms with Crippen LogP contribution in [0.25, 0.3) is 6.08 Å². The van der Waals surface area contributed by atoms with Gasteiger partial charge in [-0.05, 0) is 30.4 Å². The molecule has 0 unspecified atom stereocenters. The summed E-state index contributed by atoms with van der Waals surface area (Å²) in [6.07, 6.45) is 7.17. The number of nitrogens with zero attached hydrogens (tertiary/aromatic N) is 1. The molecule has 10 nitrogen and oxygen atoms in total. The molecule has 6 N–H and O–H groups in total. The number of carbonyl (C=O) groups excluding carboxylic acids is 3. The summed E-state index contributed by atoms with van der Waals surface area (Å²) >= 11 is 0. The maximum Gasteiger partial charge on any atom is 0.247 e. The molecular weight excluding hydrogens is 520 g/mol. The van der Waals surface area contributed by atoms with Gasteiger partial charge in [-0.3, -0.25) is 19.8 Å². The van der Waals surface area contributed by atoms with E-state index in [1.165, 1.54) is 11.0 Å². The molecular formula is C31H38N6O4. The number of nitrogens with two attached hydrogens (primary N) is 1. The molecule has 3 atom stereocenters. The normalized spacial score (nSPS) is 23.6. The van der Waals surface area contributed by atoms with Gasteiger partial charge in [-0.1, -0.05) is 60.7 Å². The van der Waals surface area contributed by atoms with E-state index in [2.05, 4.69) is 22.5 Å². The predicted octanol–water partition coefficient (Wildman–Crippen LogP) is 1.60. The second-order valence-corrected chi connectivity index (χ2v) is 10.3. The van der Waals surface area contributed by atoms with Crippen molar-refractivity contribution < 1.29 is 19.1 Å². The first-order chi connectivity index (χ1) is 19.8. The third-order valence-corrected chi connectivity index (χ3v) is 7.29. The molecule has 1 aliphatic heterocycles. The van der Waals surface area contributed by atoms with Crippen LogP contribution in [0.15, 0.2) is 67.3 Å². The minimum absolute atomic E-state index is 0.0573. The smallest absolute Gasteiger partial charge is 0.247 e. The average molecular weight is 559 g/mol. The van der Waals surface area contributed by atoms with E-state index in [9.17, 15) is 14.4 Å². The van der Waals surface area contributed by atoms with Crippen molar-refractivity contribution in [1.29, 1.82) is 5.41 Å². The molecule has 1 fully saturated rings. The summed E-state index contributed by atoms with van der Waals surface area (Å²) in [5, 5.41) is 16.6. The van der Waals surface area contributed by atoms with Crippen molar-refractivity contribution in [1.82, 2.24) is 20.9 Å². The Hall–Kier alpha value is -4.44. The standard InChI is InChI=1S/C31H38N6O4/c1-3-25-30(39)36-24(19-20-10-12-23(13-11-20)28(32)33)29(38)35-16-6-8-21-7-4-5-9-26(21)41-18-17-34-27(22-14-15-22)31(40)37(25)2/h3-13,22,24-25,27,34H,1,14-19H2,2H3,(H3,32,33)(H,35,38)(H,36,39)/b8-6+/t24-,25-,27+/m1/s1. The summed E-state index contributed by atoms with van der Waals surface area (Å²) in [5.41, 5.74) is 7.77. The number of amidine groups is 1. The van der Waals surface area contributed by atoms with Crippen molar-refractivity contribution >= 4 is 29.6 Å². The van der Waals surface area contributed by atoms with Crippen LogP contribution in [0.1, 0.15) is 29.5 Å². The molecule has 2 aliphatic rings. The molecule has 0 bridgehead atoms. The molecule has 2 aromatic rings. The molecule has 1 aliphatic carbocycles. The Balaban J connectivity index is 1.60. The topological polar surface area (TPSA) is 150 Å². The average Bonchev–Trinajstić information content (AvgIpc) is 3.80. The summed E-state index contributed by atoms with van der Waals surface area (Å²) in [5.74, 6) is -0.250. The predicted molar refractivity (Wildman–Crippen MR) is 158 cm³/mol. The number of hydrogen-bond donors (Lipinski definition) is 5. The van der Waals surface area contributed by atoms with E-state index in [4.69, 9.17) is 15.9 Å². The van der Waals surface area contributed by atoms with Gasteiger partial charge >= 0.3 is 0 Å². The van der Waals surface area contributed by atoms with Crippen molar-refractivity contribution in [2.45, 2.75) is 37.4 Å². The van der Waals surface area contributed by atoms with Crippen LogP contribution < -0.4 is 26.4 Å². The zero-order valence-electron chi connectivity index (χ0n) is 23.3. The van der Waals surface area contributed by atoms with Crippen LogP contribution in [0, 0.1) is 11.3 Å². The number of carbonyl (C=O) groups is 3. The Morgan fingerprint density at radius 1 is 1.12 bits per heavy atom. The van der Waals surface area contributed by atoms with Gasteiger partial charge in [0, 0.05) is 37.7 Å². The van der Waals surface area contributed by atoms with Crippen molar-refractivity contribution in [3.63, 3.8) is 0 Å². The lowest BCUT2D eigenvalue weighted by Gasteiger charge is -2.30. The first kappa shape index (κ1) is 29.5. The molecule has 4 rings (SSSR count). The van der Waals surface area contributed by atoms with Crippen LogP contribution in [-0.4, -0.2) is 73.3 Å². The Morgan fingerprint density at radius 2 is 1.85 bits per heavy atom. The Kier molecular flexibility index (Phi) is 9.91. The van der Waals surface area contributed by atoms with Gasteiger partial charge in [0.2, 0.25) is 17.7 Å². The summed E-state index contributed by atoms with van der Waals surface area (Å²) in [7, 11) is 1.58. The summed E-state index contributed by atoms with van der Waals surface area (Å²) in [6, 6.07) is 12.2. The Morgan fingerprint density at radius 3 is 2.54 bits per heavy atom. The van der Waals surface area contributed by atoms with Crippen molar-refractivity contribution in [3.05, 3.63) is 84.0 Å². The third kappa shape index (κ3) is 7.82. The Bertz CT molecular complexity index is 1300. The zero-order chi connectivity index (χ0) is 29.4. The number of ether oxygens (including phenoxy) is 1.